The largest absolute Gasteiger partial charge is 0.489 e. The van der Waals surface area contributed by atoms with Crippen LogP contribution in [0.5, 0.6) is 5.75 Å². The van der Waals surface area contributed by atoms with Crippen LogP contribution in [0, 0.1) is 12.8 Å². The van der Waals surface area contributed by atoms with Gasteiger partial charge in [0.05, 0.1) is 18.7 Å². The lowest BCUT2D eigenvalue weighted by Crippen LogP contribution is -2.49. The van der Waals surface area contributed by atoms with Crippen molar-refractivity contribution in [1.82, 2.24) is 0 Å². The fourth-order valence-corrected chi connectivity index (χ4v) is 3.48. The van der Waals surface area contributed by atoms with Crippen LogP contribution in [0.15, 0.2) is 66.9 Å². The molecule has 2 heterocycles. The van der Waals surface area contributed by atoms with E-state index in [4.69, 9.17) is 16.3 Å². The van der Waals surface area contributed by atoms with Crippen molar-refractivity contribution in [1.29, 1.82) is 0 Å². The van der Waals surface area contributed by atoms with Crippen molar-refractivity contribution in [3.63, 3.8) is 0 Å². The highest BCUT2D eigenvalue weighted by molar-refractivity contribution is 6.30. The number of Topliss-reactive ketones (excluding diaryl/α,β-unsaturated/α-hetero) is 1. The quantitative estimate of drug-likeness (QED) is 0.514. The molecule has 1 unspecified atom stereocenters. The molecule has 4 nitrogen and oxygen atoms in total. The number of benzene rings is 2. The van der Waals surface area contributed by atoms with Crippen LogP contribution in [0.25, 0.3) is 0 Å². The molecule has 0 amide bonds. The van der Waals surface area contributed by atoms with Crippen LogP contribution < -0.4 is 14.6 Å². The number of rotatable bonds is 5. The van der Waals surface area contributed by atoms with Gasteiger partial charge in [0.1, 0.15) is 18.9 Å². The number of pyridine rings is 1. The van der Waals surface area contributed by atoms with Gasteiger partial charge in [-0.3, -0.25) is 10.1 Å². The van der Waals surface area contributed by atoms with E-state index in [0.29, 0.717) is 30.3 Å². The summed E-state index contributed by atoms with van der Waals surface area (Å²) in [6.07, 6.45) is 2.03. The molecule has 1 aromatic heterocycles. The van der Waals surface area contributed by atoms with E-state index in [0.717, 1.165) is 17.1 Å². The number of hydrogen-bond acceptors (Lipinski definition) is 3. The fraction of sp³-hybridized carbons (Fsp3) is 0.217. The number of carbonyl (C=O) groups is 1. The Bertz CT molecular complexity index is 984. The van der Waals surface area contributed by atoms with Crippen LogP contribution in [0.1, 0.15) is 21.5 Å². The average molecular weight is 394 g/mol. The predicted octanol–water partition coefficient (Wildman–Crippen LogP) is 4.44. The van der Waals surface area contributed by atoms with E-state index in [-0.39, 0.29) is 11.7 Å². The first-order chi connectivity index (χ1) is 13.6. The Labute approximate surface area is 169 Å². The molecule has 142 valence electrons. The monoisotopic (exact) mass is 393 g/mol. The summed E-state index contributed by atoms with van der Waals surface area (Å²) in [5, 5.41) is 4.07. The lowest BCUT2D eigenvalue weighted by molar-refractivity contribution is -0.690. The first-order valence-electron chi connectivity index (χ1n) is 9.34. The zero-order valence-corrected chi connectivity index (χ0v) is 16.4. The van der Waals surface area contributed by atoms with Gasteiger partial charge in [-0.15, -0.1) is 0 Å². The zero-order valence-electron chi connectivity index (χ0n) is 15.7. The summed E-state index contributed by atoms with van der Waals surface area (Å²) in [4.78, 5) is 12.9. The molecule has 1 N–H and O–H groups in total. The number of hydrogen-bond donors (Lipinski definition) is 1. The zero-order chi connectivity index (χ0) is 19.5. The predicted molar refractivity (Wildman–Crippen MR) is 110 cm³/mol. The Morgan fingerprint density at radius 3 is 2.64 bits per heavy atom. The number of anilines is 1. The molecule has 5 heteroatoms. The van der Waals surface area contributed by atoms with Crippen molar-refractivity contribution in [3.8, 4) is 5.75 Å². The normalized spacial score (nSPS) is 15.4. The second-order valence-electron chi connectivity index (χ2n) is 7.12. The van der Waals surface area contributed by atoms with Crippen LogP contribution in [0.2, 0.25) is 5.02 Å². The second kappa shape index (κ2) is 8.03. The molecule has 1 aliphatic heterocycles. The first-order valence-corrected chi connectivity index (χ1v) is 9.72. The van der Waals surface area contributed by atoms with E-state index in [9.17, 15) is 4.79 Å². The van der Waals surface area contributed by atoms with E-state index >= 15 is 0 Å². The molecule has 0 radical (unpaired) electrons. The Hall–Kier alpha value is -2.85. The number of aromatic nitrogens is 1. The first kappa shape index (κ1) is 18.5. The molecule has 1 atom stereocenters. The summed E-state index contributed by atoms with van der Waals surface area (Å²) in [6.45, 7) is 3.87. The number of ketones is 1. The minimum absolute atomic E-state index is 0.0824. The maximum absolute atomic E-state index is 12.9. The van der Waals surface area contributed by atoms with Gasteiger partial charge >= 0.3 is 0 Å². The van der Waals surface area contributed by atoms with E-state index in [2.05, 4.69) is 28.9 Å². The van der Waals surface area contributed by atoms with Crippen molar-refractivity contribution in [2.45, 2.75) is 20.1 Å². The van der Waals surface area contributed by atoms with Crippen LogP contribution in [0.3, 0.4) is 0 Å². The Kier molecular flexibility index (Phi) is 5.31. The van der Waals surface area contributed by atoms with Gasteiger partial charge in [-0.25, -0.2) is 4.57 Å². The Morgan fingerprint density at radius 1 is 1.14 bits per heavy atom. The lowest BCUT2D eigenvalue weighted by atomic mass is 9.96. The van der Waals surface area contributed by atoms with Gasteiger partial charge in [-0.05, 0) is 60.5 Å². The second-order valence-corrected chi connectivity index (χ2v) is 7.56. The smallest absolute Gasteiger partial charge is 0.274 e. The van der Waals surface area contributed by atoms with E-state index in [1.807, 2.05) is 54.7 Å². The van der Waals surface area contributed by atoms with Gasteiger partial charge in [0.15, 0.2) is 5.78 Å². The number of ether oxygens (including phenoxy) is 1. The van der Waals surface area contributed by atoms with Crippen molar-refractivity contribution in [3.05, 3.63) is 88.6 Å². The molecule has 0 spiro atoms. The molecule has 28 heavy (non-hydrogen) atoms. The third kappa shape index (κ3) is 4.18. The minimum Gasteiger partial charge on any atom is -0.489 e. The molecule has 0 fully saturated rings. The van der Waals surface area contributed by atoms with Crippen LogP contribution in [0.4, 0.5) is 5.82 Å². The molecule has 0 aliphatic carbocycles. The van der Waals surface area contributed by atoms with Crippen LogP contribution in [-0.2, 0) is 13.2 Å². The summed E-state index contributed by atoms with van der Waals surface area (Å²) >= 11 is 5.90. The number of fused-ring (bicyclic) bond motifs is 1. The van der Waals surface area contributed by atoms with Crippen molar-refractivity contribution in [2.75, 3.05) is 11.9 Å². The molecular weight excluding hydrogens is 372 g/mol. The van der Waals surface area contributed by atoms with Gasteiger partial charge in [0, 0.05) is 16.7 Å². The topological polar surface area (TPSA) is 42.2 Å². The number of halogens is 1. The van der Waals surface area contributed by atoms with Gasteiger partial charge in [0.25, 0.3) is 5.82 Å². The number of aryl methyl sites for hydroxylation is 1. The third-order valence-corrected chi connectivity index (χ3v) is 5.22. The highest BCUT2D eigenvalue weighted by Crippen LogP contribution is 2.20. The minimum atomic E-state index is -0.0824. The van der Waals surface area contributed by atoms with Gasteiger partial charge in [-0.2, -0.15) is 0 Å². The molecule has 3 aromatic rings. The molecular formula is C23H22ClN2O2+. The summed E-state index contributed by atoms with van der Waals surface area (Å²) in [6, 6.07) is 19.1. The fourth-order valence-electron chi connectivity index (χ4n) is 3.35. The average Bonchev–Trinajstić information content (AvgIpc) is 2.73. The summed E-state index contributed by atoms with van der Waals surface area (Å²) < 4.78 is 7.90. The Balaban J connectivity index is 1.38. The molecule has 0 bridgehead atoms. The SMILES string of the molecule is Cc1cc[n+]2c(c1)NCC(C(=O)c1ccc(OCc3ccc(Cl)cc3)cc1)C2. The third-order valence-electron chi connectivity index (χ3n) is 4.97. The van der Waals surface area contributed by atoms with Crippen LogP contribution >= 0.6 is 11.6 Å². The standard InChI is InChI=1S/C23H21ClN2O2/c1-16-10-11-26-14-19(13-25-22(26)12-16)23(27)18-4-8-21(9-5-18)28-15-17-2-6-20(24)7-3-17/h2-12,19H,13-15H2,1H3/p+1. The maximum atomic E-state index is 12.9. The highest BCUT2D eigenvalue weighted by atomic mass is 35.5. The Morgan fingerprint density at radius 2 is 1.89 bits per heavy atom. The van der Waals surface area contributed by atoms with E-state index in [1.165, 1.54) is 5.56 Å². The number of carbonyl (C=O) groups excluding carboxylic acids is 1. The van der Waals surface area contributed by atoms with Gasteiger partial charge in [0.2, 0.25) is 0 Å². The summed E-state index contributed by atoms with van der Waals surface area (Å²) in [5.41, 5.74) is 2.96. The maximum Gasteiger partial charge on any atom is 0.274 e. The molecule has 0 saturated heterocycles. The summed E-state index contributed by atoms with van der Waals surface area (Å²) in [5.74, 6) is 1.87. The van der Waals surface area contributed by atoms with E-state index < -0.39 is 0 Å². The van der Waals surface area contributed by atoms with E-state index in [1.54, 1.807) is 0 Å². The van der Waals surface area contributed by atoms with Crippen molar-refractivity contribution < 1.29 is 14.1 Å². The van der Waals surface area contributed by atoms with Gasteiger partial charge < -0.3 is 4.74 Å². The number of nitrogens with one attached hydrogen (secondary N) is 1. The molecule has 1 aliphatic rings. The van der Waals surface area contributed by atoms with Crippen molar-refractivity contribution >= 4 is 23.2 Å². The molecule has 2 aromatic carbocycles. The van der Waals surface area contributed by atoms with Crippen LogP contribution in [-0.4, -0.2) is 12.3 Å². The summed E-state index contributed by atoms with van der Waals surface area (Å²) in [7, 11) is 0. The molecule has 4 rings (SSSR count). The number of nitrogens with zero attached hydrogens (tertiary/aromatic N) is 1. The molecule has 0 saturated carbocycles. The van der Waals surface area contributed by atoms with Gasteiger partial charge in [-0.1, -0.05) is 23.7 Å². The van der Waals surface area contributed by atoms with Crippen molar-refractivity contribution in [2.24, 2.45) is 5.92 Å². The highest BCUT2D eigenvalue weighted by Gasteiger charge is 2.30. The lowest BCUT2D eigenvalue weighted by Gasteiger charge is -2.20.